The maximum atomic E-state index is 12.3. The number of benzene rings is 2. The van der Waals surface area contributed by atoms with E-state index in [1.807, 2.05) is 18.2 Å². The van der Waals surface area contributed by atoms with E-state index >= 15 is 0 Å². The van der Waals surface area contributed by atoms with Gasteiger partial charge in [-0.15, -0.1) is 0 Å². The van der Waals surface area contributed by atoms with Crippen molar-refractivity contribution in [3.8, 4) is 5.75 Å². The number of ketones is 1. The fourth-order valence-electron chi connectivity index (χ4n) is 2.12. The molecule has 0 saturated heterocycles. The average molecular weight is 318 g/mol. The van der Waals surface area contributed by atoms with Crippen molar-refractivity contribution >= 4 is 17.8 Å². The van der Waals surface area contributed by atoms with Gasteiger partial charge in [-0.25, -0.2) is 4.79 Å². The SMILES string of the molecule is O=C(C=Cc1ccco1)Oc1ccc(C(=O)c2ccccc2)cc1. The summed E-state index contributed by atoms with van der Waals surface area (Å²) < 4.78 is 10.3. The third kappa shape index (κ3) is 3.87. The highest BCUT2D eigenvalue weighted by Crippen LogP contribution is 2.16. The molecule has 0 atom stereocenters. The van der Waals surface area contributed by atoms with Crippen molar-refractivity contribution in [3.05, 3.63) is 96.0 Å². The predicted molar refractivity (Wildman–Crippen MR) is 89.7 cm³/mol. The molecule has 0 unspecified atom stereocenters. The van der Waals surface area contributed by atoms with Crippen molar-refractivity contribution in [2.45, 2.75) is 0 Å². The lowest BCUT2D eigenvalue weighted by Gasteiger charge is -2.04. The molecule has 24 heavy (non-hydrogen) atoms. The monoisotopic (exact) mass is 318 g/mol. The van der Waals surface area contributed by atoms with Gasteiger partial charge in [0.05, 0.1) is 6.26 Å². The quantitative estimate of drug-likeness (QED) is 0.307. The smallest absolute Gasteiger partial charge is 0.336 e. The van der Waals surface area contributed by atoms with Crippen LogP contribution in [-0.2, 0) is 4.79 Å². The molecule has 0 fully saturated rings. The number of hydrogen-bond donors (Lipinski definition) is 0. The molecule has 2 aromatic carbocycles. The molecule has 0 radical (unpaired) electrons. The molecule has 0 amide bonds. The van der Waals surface area contributed by atoms with Crippen LogP contribution in [0.3, 0.4) is 0 Å². The van der Waals surface area contributed by atoms with Gasteiger partial charge in [-0.2, -0.15) is 0 Å². The molecule has 1 aromatic heterocycles. The lowest BCUT2D eigenvalue weighted by molar-refractivity contribution is -0.128. The largest absolute Gasteiger partial charge is 0.465 e. The average Bonchev–Trinajstić information content (AvgIpc) is 3.14. The van der Waals surface area contributed by atoms with Crippen molar-refractivity contribution in [1.29, 1.82) is 0 Å². The van der Waals surface area contributed by atoms with Crippen LogP contribution in [-0.4, -0.2) is 11.8 Å². The van der Waals surface area contributed by atoms with E-state index in [1.165, 1.54) is 18.4 Å². The molecule has 0 saturated carbocycles. The molecule has 0 aliphatic carbocycles. The van der Waals surface area contributed by atoms with Gasteiger partial charge in [-0.05, 0) is 42.5 Å². The van der Waals surface area contributed by atoms with E-state index in [1.54, 1.807) is 48.5 Å². The molecule has 0 bridgehead atoms. The summed E-state index contributed by atoms with van der Waals surface area (Å²) in [5.74, 6) is 0.337. The predicted octanol–water partition coefficient (Wildman–Crippen LogP) is 4.13. The van der Waals surface area contributed by atoms with Gasteiger partial charge in [0.25, 0.3) is 0 Å². The van der Waals surface area contributed by atoms with Gasteiger partial charge in [0, 0.05) is 17.2 Å². The summed E-state index contributed by atoms with van der Waals surface area (Å²) in [6, 6.07) is 18.9. The first-order valence-electron chi connectivity index (χ1n) is 7.35. The summed E-state index contributed by atoms with van der Waals surface area (Å²) in [4.78, 5) is 24.0. The van der Waals surface area contributed by atoms with Gasteiger partial charge < -0.3 is 9.15 Å². The highest BCUT2D eigenvalue weighted by molar-refractivity contribution is 6.09. The minimum Gasteiger partial charge on any atom is -0.465 e. The Balaban J connectivity index is 1.64. The molecule has 4 heteroatoms. The zero-order valence-corrected chi connectivity index (χ0v) is 12.7. The second-order valence-electron chi connectivity index (χ2n) is 4.99. The van der Waals surface area contributed by atoms with Gasteiger partial charge >= 0.3 is 5.97 Å². The first-order valence-corrected chi connectivity index (χ1v) is 7.35. The fourth-order valence-corrected chi connectivity index (χ4v) is 2.12. The van der Waals surface area contributed by atoms with Crippen molar-refractivity contribution in [3.63, 3.8) is 0 Å². The van der Waals surface area contributed by atoms with Crippen LogP contribution in [0.25, 0.3) is 6.08 Å². The molecule has 0 spiro atoms. The van der Waals surface area contributed by atoms with Crippen LogP contribution in [0, 0.1) is 0 Å². The van der Waals surface area contributed by atoms with Crippen molar-refractivity contribution < 1.29 is 18.7 Å². The second kappa shape index (κ2) is 7.24. The molecule has 1 heterocycles. The van der Waals surface area contributed by atoms with E-state index in [9.17, 15) is 9.59 Å². The Bertz CT molecular complexity index is 844. The first-order chi connectivity index (χ1) is 11.7. The van der Waals surface area contributed by atoms with Crippen LogP contribution in [0.1, 0.15) is 21.7 Å². The van der Waals surface area contributed by atoms with Crippen LogP contribution in [0.5, 0.6) is 5.75 Å². The Morgan fingerprint density at radius 1 is 0.833 bits per heavy atom. The van der Waals surface area contributed by atoms with Crippen LogP contribution in [0.15, 0.2) is 83.5 Å². The van der Waals surface area contributed by atoms with Crippen molar-refractivity contribution in [2.75, 3.05) is 0 Å². The second-order valence-corrected chi connectivity index (χ2v) is 4.99. The molecular weight excluding hydrogens is 304 g/mol. The topological polar surface area (TPSA) is 56.5 Å². The number of carbonyl (C=O) groups excluding carboxylic acids is 2. The molecule has 3 rings (SSSR count). The van der Waals surface area contributed by atoms with E-state index in [0.717, 1.165) is 0 Å². The lowest BCUT2D eigenvalue weighted by atomic mass is 10.0. The van der Waals surface area contributed by atoms with Gasteiger partial charge in [-0.1, -0.05) is 30.3 Å². The van der Waals surface area contributed by atoms with Crippen molar-refractivity contribution in [2.24, 2.45) is 0 Å². The maximum absolute atomic E-state index is 12.3. The zero-order valence-electron chi connectivity index (χ0n) is 12.7. The standard InChI is InChI=1S/C20H14O4/c21-19(13-12-17-7-4-14-23-17)24-18-10-8-16(9-11-18)20(22)15-5-2-1-3-6-15/h1-14H. The van der Waals surface area contributed by atoms with Gasteiger partial charge in [-0.3, -0.25) is 4.79 Å². The normalized spacial score (nSPS) is 10.7. The van der Waals surface area contributed by atoms with Crippen LogP contribution in [0.4, 0.5) is 0 Å². The van der Waals surface area contributed by atoms with E-state index in [0.29, 0.717) is 22.6 Å². The lowest BCUT2D eigenvalue weighted by Crippen LogP contribution is -2.05. The third-order valence-corrected chi connectivity index (χ3v) is 3.30. The van der Waals surface area contributed by atoms with E-state index in [4.69, 9.17) is 9.15 Å². The fraction of sp³-hybridized carbons (Fsp3) is 0. The summed E-state index contributed by atoms with van der Waals surface area (Å²) in [6.07, 6.45) is 4.32. The minimum absolute atomic E-state index is 0.0776. The molecule has 3 aromatic rings. The summed E-state index contributed by atoms with van der Waals surface area (Å²) in [5, 5.41) is 0. The minimum atomic E-state index is -0.520. The number of rotatable bonds is 5. The molecule has 0 N–H and O–H groups in total. The Morgan fingerprint density at radius 3 is 2.21 bits per heavy atom. The van der Waals surface area contributed by atoms with Gasteiger partial charge in [0.15, 0.2) is 5.78 Å². The van der Waals surface area contributed by atoms with Crippen LogP contribution in [0.2, 0.25) is 0 Å². The molecule has 118 valence electrons. The van der Waals surface area contributed by atoms with Gasteiger partial charge in [0.2, 0.25) is 0 Å². The number of hydrogen-bond acceptors (Lipinski definition) is 4. The molecule has 0 aliphatic rings. The van der Waals surface area contributed by atoms with E-state index in [2.05, 4.69) is 0 Å². The molecule has 0 aliphatic heterocycles. The molecular formula is C20H14O4. The Hall–Kier alpha value is -3.40. The van der Waals surface area contributed by atoms with Crippen molar-refractivity contribution in [1.82, 2.24) is 0 Å². The third-order valence-electron chi connectivity index (χ3n) is 3.30. The number of ether oxygens (including phenoxy) is 1. The summed E-state index contributed by atoms with van der Waals surface area (Å²) in [5.41, 5.74) is 1.15. The van der Waals surface area contributed by atoms with E-state index < -0.39 is 5.97 Å². The summed E-state index contributed by atoms with van der Waals surface area (Å²) in [6.45, 7) is 0. The highest BCUT2D eigenvalue weighted by atomic mass is 16.5. The van der Waals surface area contributed by atoms with Crippen LogP contribution >= 0.6 is 0 Å². The Labute approximate surface area is 139 Å². The van der Waals surface area contributed by atoms with Crippen LogP contribution < -0.4 is 4.74 Å². The number of esters is 1. The summed E-state index contributed by atoms with van der Waals surface area (Å²) in [7, 11) is 0. The highest BCUT2D eigenvalue weighted by Gasteiger charge is 2.09. The van der Waals surface area contributed by atoms with Gasteiger partial charge in [0.1, 0.15) is 11.5 Å². The zero-order chi connectivity index (χ0) is 16.8. The Morgan fingerprint density at radius 2 is 1.54 bits per heavy atom. The number of carbonyl (C=O) groups is 2. The molecule has 4 nitrogen and oxygen atoms in total. The maximum Gasteiger partial charge on any atom is 0.336 e. The Kier molecular flexibility index (Phi) is 4.68. The number of furan rings is 1. The van der Waals surface area contributed by atoms with E-state index in [-0.39, 0.29) is 5.78 Å². The summed E-state index contributed by atoms with van der Waals surface area (Å²) >= 11 is 0. The first kappa shape index (κ1) is 15.5.